The minimum atomic E-state index is -0.116. The van der Waals surface area contributed by atoms with Crippen LogP contribution in [0.4, 0.5) is 0 Å². The molecule has 0 saturated carbocycles. The van der Waals surface area contributed by atoms with Crippen molar-refractivity contribution in [3.05, 3.63) is 0 Å². The highest BCUT2D eigenvalue weighted by Gasteiger charge is 2.06. The Balaban J connectivity index is 3.24. The van der Waals surface area contributed by atoms with Gasteiger partial charge in [0.05, 0.1) is 6.17 Å². The van der Waals surface area contributed by atoms with E-state index in [-0.39, 0.29) is 6.17 Å². The molecule has 0 aliphatic heterocycles. The Morgan fingerprint density at radius 1 is 1.00 bits per heavy atom. The van der Waals surface area contributed by atoms with Gasteiger partial charge in [0.25, 0.3) is 0 Å². The van der Waals surface area contributed by atoms with Gasteiger partial charge in [0.15, 0.2) is 0 Å². The van der Waals surface area contributed by atoms with Gasteiger partial charge in [-0.15, -0.1) is 0 Å². The fourth-order valence-electron chi connectivity index (χ4n) is 1.01. The van der Waals surface area contributed by atoms with Crippen molar-refractivity contribution < 1.29 is 0 Å². The lowest BCUT2D eigenvalue weighted by Gasteiger charge is -2.15. The second-order valence-electron chi connectivity index (χ2n) is 3.82. The molecule has 2 nitrogen and oxygen atoms in total. The second-order valence-corrected chi connectivity index (χ2v) is 3.82. The van der Waals surface area contributed by atoms with E-state index in [0.717, 1.165) is 24.7 Å². The summed E-state index contributed by atoms with van der Waals surface area (Å²) in [6.07, 6.45) is 3.26. The quantitative estimate of drug-likeness (QED) is 0.598. The van der Waals surface area contributed by atoms with Gasteiger partial charge in [-0.05, 0) is 18.3 Å². The first-order chi connectivity index (χ1) is 5.04. The fourth-order valence-corrected chi connectivity index (χ4v) is 1.01. The average molecular weight is 158 g/mol. The molecule has 0 aliphatic carbocycles. The van der Waals surface area contributed by atoms with Crippen molar-refractivity contribution in [1.29, 1.82) is 0 Å². The molecule has 1 unspecified atom stereocenters. The normalized spacial score (nSPS) is 14.5. The first kappa shape index (κ1) is 10.9. The molecule has 0 aliphatic rings. The Morgan fingerprint density at radius 3 is 1.91 bits per heavy atom. The summed E-state index contributed by atoms with van der Waals surface area (Å²) in [5.41, 5.74) is 10.9. The second kappa shape index (κ2) is 5.56. The smallest absolute Gasteiger partial charge is 0.0520 e. The van der Waals surface area contributed by atoms with Crippen LogP contribution in [0.25, 0.3) is 0 Å². The minimum Gasteiger partial charge on any atom is -0.316 e. The van der Waals surface area contributed by atoms with E-state index < -0.39 is 0 Å². The van der Waals surface area contributed by atoms with Gasteiger partial charge in [-0.2, -0.15) is 0 Å². The maximum Gasteiger partial charge on any atom is 0.0520 e. The number of hydrogen-bond acceptors (Lipinski definition) is 2. The van der Waals surface area contributed by atoms with Crippen LogP contribution in [0.3, 0.4) is 0 Å². The van der Waals surface area contributed by atoms with Gasteiger partial charge in [0.2, 0.25) is 0 Å². The Hall–Kier alpha value is -0.0800. The minimum absolute atomic E-state index is 0.116. The molecule has 0 bridgehead atoms. The molecular weight excluding hydrogens is 136 g/mol. The third-order valence-corrected chi connectivity index (χ3v) is 2.33. The summed E-state index contributed by atoms with van der Waals surface area (Å²) in [4.78, 5) is 0. The number of nitrogens with two attached hydrogens (primary N) is 2. The Kier molecular flexibility index (Phi) is 5.51. The van der Waals surface area contributed by atoms with Gasteiger partial charge in [0.1, 0.15) is 0 Å². The molecule has 0 saturated heterocycles. The lowest BCUT2D eigenvalue weighted by atomic mass is 9.92. The lowest BCUT2D eigenvalue weighted by Crippen LogP contribution is -2.30. The molecule has 0 aromatic heterocycles. The first-order valence-electron chi connectivity index (χ1n) is 4.55. The highest BCUT2D eigenvalue weighted by Crippen LogP contribution is 2.16. The molecule has 0 rings (SSSR count). The van der Waals surface area contributed by atoms with E-state index in [2.05, 4.69) is 20.8 Å². The lowest BCUT2D eigenvalue weighted by molar-refractivity contribution is 0.371. The molecule has 11 heavy (non-hydrogen) atoms. The van der Waals surface area contributed by atoms with Crippen molar-refractivity contribution in [2.24, 2.45) is 23.3 Å². The van der Waals surface area contributed by atoms with Gasteiger partial charge in [-0.3, -0.25) is 0 Å². The monoisotopic (exact) mass is 158 g/mol. The van der Waals surface area contributed by atoms with Crippen molar-refractivity contribution in [2.75, 3.05) is 0 Å². The van der Waals surface area contributed by atoms with Crippen LogP contribution in [-0.4, -0.2) is 6.17 Å². The summed E-state index contributed by atoms with van der Waals surface area (Å²) >= 11 is 0. The maximum atomic E-state index is 5.43. The average Bonchev–Trinajstić information content (AvgIpc) is 1.86. The van der Waals surface area contributed by atoms with Crippen LogP contribution in [0.5, 0.6) is 0 Å². The van der Waals surface area contributed by atoms with Gasteiger partial charge < -0.3 is 11.5 Å². The third kappa shape index (κ3) is 6.32. The van der Waals surface area contributed by atoms with Crippen molar-refractivity contribution in [3.8, 4) is 0 Å². The van der Waals surface area contributed by atoms with E-state index in [1.54, 1.807) is 0 Å². The molecule has 0 fully saturated rings. The van der Waals surface area contributed by atoms with Crippen LogP contribution in [0.2, 0.25) is 0 Å². The van der Waals surface area contributed by atoms with Gasteiger partial charge in [0, 0.05) is 0 Å². The zero-order valence-corrected chi connectivity index (χ0v) is 8.01. The zero-order valence-electron chi connectivity index (χ0n) is 8.01. The molecule has 0 spiro atoms. The molecule has 0 radical (unpaired) electrons. The van der Waals surface area contributed by atoms with E-state index in [1.165, 1.54) is 6.42 Å². The van der Waals surface area contributed by atoms with E-state index in [4.69, 9.17) is 11.5 Å². The topological polar surface area (TPSA) is 52.0 Å². The van der Waals surface area contributed by atoms with Crippen molar-refractivity contribution in [3.63, 3.8) is 0 Å². The standard InChI is InChI=1S/C9H22N2/c1-7(2)8(3)5-4-6-9(10)11/h7-9H,4-6,10-11H2,1-3H3. The summed E-state index contributed by atoms with van der Waals surface area (Å²) in [6.45, 7) is 6.80. The molecule has 0 amide bonds. The van der Waals surface area contributed by atoms with E-state index in [1.807, 2.05) is 0 Å². The molecule has 0 aromatic rings. The van der Waals surface area contributed by atoms with Crippen molar-refractivity contribution in [1.82, 2.24) is 0 Å². The van der Waals surface area contributed by atoms with Gasteiger partial charge >= 0.3 is 0 Å². The predicted octanol–water partition coefficient (Wildman–Crippen LogP) is 1.69. The molecule has 2 heteroatoms. The molecule has 68 valence electrons. The van der Waals surface area contributed by atoms with Gasteiger partial charge in [-0.1, -0.05) is 33.6 Å². The Bertz CT molecular complexity index is 89.6. The Morgan fingerprint density at radius 2 is 1.55 bits per heavy atom. The van der Waals surface area contributed by atoms with Crippen LogP contribution in [0.15, 0.2) is 0 Å². The fraction of sp³-hybridized carbons (Fsp3) is 1.00. The van der Waals surface area contributed by atoms with E-state index >= 15 is 0 Å². The molecule has 4 N–H and O–H groups in total. The molecule has 1 atom stereocenters. The summed E-state index contributed by atoms with van der Waals surface area (Å²) < 4.78 is 0. The summed E-state index contributed by atoms with van der Waals surface area (Å²) in [5, 5.41) is 0. The Labute approximate surface area is 70.3 Å². The largest absolute Gasteiger partial charge is 0.316 e. The highest BCUT2D eigenvalue weighted by atomic mass is 14.8. The van der Waals surface area contributed by atoms with E-state index in [9.17, 15) is 0 Å². The van der Waals surface area contributed by atoms with E-state index in [0.29, 0.717) is 0 Å². The molecule has 0 heterocycles. The highest BCUT2D eigenvalue weighted by molar-refractivity contribution is 4.59. The first-order valence-corrected chi connectivity index (χ1v) is 4.55. The molecular formula is C9H22N2. The predicted molar refractivity (Wildman–Crippen MR) is 50.0 cm³/mol. The molecule has 0 aromatic carbocycles. The van der Waals surface area contributed by atoms with Crippen molar-refractivity contribution >= 4 is 0 Å². The summed E-state index contributed by atoms with van der Waals surface area (Å²) in [6, 6.07) is 0. The summed E-state index contributed by atoms with van der Waals surface area (Å²) in [5.74, 6) is 1.58. The maximum absolute atomic E-state index is 5.43. The SMILES string of the molecule is CC(C)C(C)CCCC(N)N. The van der Waals surface area contributed by atoms with Crippen LogP contribution < -0.4 is 11.5 Å². The summed E-state index contributed by atoms with van der Waals surface area (Å²) in [7, 11) is 0. The third-order valence-electron chi connectivity index (χ3n) is 2.33. The van der Waals surface area contributed by atoms with Crippen LogP contribution in [-0.2, 0) is 0 Å². The van der Waals surface area contributed by atoms with Crippen molar-refractivity contribution in [2.45, 2.75) is 46.2 Å². The zero-order chi connectivity index (χ0) is 8.85. The van der Waals surface area contributed by atoms with Crippen LogP contribution in [0, 0.1) is 11.8 Å². The van der Waals surface area contributed by atoms with Crippen LogP contribution in [0.1, 0.15) is 40.0 Å². The number of rotatable bonds is 5. The van der Waals surface area contributed by atoms with Gasteiger partial charge in [-0.25, -0.2) is 0 Å². The number of hydrogen-bond donors (Lipinski definition) is 2. The van der Waals surface area contributed by atoms with Crippen LogP contribution >= 0.6 is 0 Å².